The smallest absolute Gasteiger partial charge is 0.411 e. The van der Waals surface area contributed by atoms with E-state index in [2.05, 4.69) is 0 Å². The van der Waals surface area contributed by atoms with Crippen LogP contribution in [0, 0.1) is 5.82 Å². The second-order valence-electron chi connectivity index (χ2n) is 5.64. The van der Waals surface area contributed by atoms with E-state index in [1.165, 1.54) is 6.07 Å². The third kappa shape index (κ3) is 4.95. The number of benzene rings is 2. The Bertz CT molecular complexity index is 769. The Morgan fingerprint density at radius 1 is 1.23 bits per heavy atom. The van der Waals surface area contributed by atoms with Gasteiger partial charge in [0.05, 0.1) is 0 Å². The lowest BCUT2D eigenvalue weighted by Gasteiger charge is -2.28. The van der Waals surface area contributed by atoms with Crippen LogP contribution in [0.4, 0.5) is 9.18 Å². The molecule has 0 fully saturated rings. The Morgan fingerprint density at radius 2 is 1.92 bits per heavy atom. The fourth-order valence-electron chi connectivity index (χ4n) is 2.53. The van der Waals surface area contributed by atoms with E-state index >= 15 is 0 Å². The number of carboxylic acids is 1. The molecule has 138 valence electrons. The molecule has 7 heteroatoms. The molecule has 26 heavy (non-hydrogen) atoms. The summed E-state index contributed by atoms with van der Waals surface area (Å²) in [4.78, 5) is 25.4. The van der Waals surface area contributed by atoms with E-state index in [4.69, 9.17) is 16.3 Å². The van der Waals surface area contributed by atoms with Crippen molar-refractivity contribution in [2.24, 2.45) is 0 Å². The molecule has 2 aromatic rings. The molecule has 2 rings (SSSR count). The number of hydrogen-bond donors (Lipinski definition) is 1. The van der Waals surface area contributed by atoms with Gasteiger partial charge in [-0.15, -0.1) is 0 Å². The molecule has 0 saturated carbocycles. The number of amides is 1. The van der Waals surface area contributed by atoms with Gasteiger partial charge in [0.1, 0.15) is 12.4 Å². The van der Waals surface area contributed by atoms with Gasteiger partial charge in [0.15, 0.2) is 6.04 Å². The van der Waals surface area contributed by atoms with Gasteiger partial charge in [-0.3, -0.25) is 4.90 Å². The summed E-state index contributed by atoms with van der Waals surface area (Å²) in [5, 5.41) is 9.59. The number of aliphatic carboxylic acids is 1. The van der Waals surface area contributed by atoms with Crippen molar-refractivity contribution in [2.45, 2.75) is 26.0 Å². The summed E-state index contributed by atoms with van der Waals surface area (Å²) < 4.78 is 18.6. The van der Waals surface area contributed by atoms with Crippen molar-refractivity contribution in [3.05, 3.63) is 70.5 Å². The van der Waals surface area contributed by atoms with Gasteiger partial charge in [0, 0.05) is 17.1 Å². The number of carbonyl (C=O) groups excluding carboxylic acids is 1. The van der Waals surface area contributed by atoms with Crippen LogP contribution in [0.25, 0.3) is 0 Å². The van der Waals surface area contributed by atoms with Gasteiger partial charge in [-0.25, -0.2) is 14.0 Å². The molecule has 0 aromatic heterocycles. The van der Waals surface area contributed by atoms with E-state index in [1.807, 2.05) is 25.1 Å². The number of carboxylic acid groups (broad SMARTS) is 1. The van der Waals surface area contributed by atoms with E-state index < -0.39 is 23.9 Å². The third-order valence-corrected chi connectivity index (χ3v) is 4.03. The van der Waals surface area contributed by atoms with Crippen LogP contribution < -0.4 is 0 Å². The van der Waals surface area contributed by atoms with E-state index in [0.29, 0.717) is 6.42 Å². The highest BCUT2D eigenvalue weighted by Gasteiger charge is 2.33. The minimum Gasteiger partial charge on any atom is -0.479 e. The predicted molar refractivity (Wildman–Crippen MR) is 95.4 cm³/mol. The average Bonchev–Trinajstić information content (AvgIpc) is 2.61. The van der Waals surface area contributed by atoms with Crippen LogP contribution in [0.5, 0.6) is 0 Å². The highest BCUT2D eigenvalue weighted by Crippen LogP contribution is 2.29. The first kappa shape index (κ1) is 19.7. The van der Waals surface area contributed by atoms with Crippen LogP contribution in [0.15, 0.2) is 48.5 Å². The van der Waals surface area contributed by atoms with Crippen molar-refractivity contribution in [3.8, 4) is 0 Å². The van der Waals surface area contributed by atoms with Gasteiger partial charge in [-0.1, -0.05) is 54.9 Å². The van der Waals surface area contributed by atoms with Crippen LogP contribution in [0.1, 0.15) is 30.5 Å². The molecule has 1 amide bonds. The maximum Gasteiger partial charge on any atom is 0.411 e. The molecular formula is C19H19ClFNO4. The van der Waals surface area contributed by atoms with Gasteiger partial charge in [-0.2, -0.15) is 0 Å². The highest BCUT2D eigenvalue weighted by atomic mass is 35.5. The molecule has 0 bridgehead atoms. The quantitative estimate of drug-likeness (QED) is 0.760. The lowest BCUT2D eigenvalue weighted by Crippen LogP contribution is -2.40. The van der Waals surface area contributed by atoms with Crippen LogP contribution in [0.3, 0.4) is 0 Å². The molecule has 0 aliphatic heterocycles. The van der Waals surface area contributed by atoms with Crippen LogP contribution in [0.2, 0.25) is 5.02 Å². The Morgan fingerprint density at radius 3 is 2.50 bits per heavy atom. The molecule has 2 aromatic carbocycles. The highest BCUT2D eigenvalue weighted by molar-refractivity contribution is 6.31. The zero-order valence-corrected chi connectivity index (χ0v) is 14.9. The van der Waals surface area contributed by atoms with Gasteiger partial charge >= 0.3 is 12.1 Å². The Labute approximate surface area is 156 Å². The maximum absolute atomic E-state index is 13.3. The molecule has 0 aliphatic carbocycles. The fourth-order valence-corrected chi connectivity index (χ4v) is 2.80. The van der Waals surface area contributed by atoms with Crippen molar-refractivity contribution in [1.82, 2.24) is 4.90 Å². The summed E-state index contributed by atoms with van der Waals surface area (Å²) in [5.41, 5.74) is 0.912. The van der Waals surface area contributed by atoms with E-state index in [9.17, 15) is 19.1 Å². The average molecular weight is 380 g/mol. The Hall–Kier alpha value is -2.60. The van der Waals surface area contributed by atoms with Crippen LogP contribution in [-0.4, -0.2) is 28.6 Å². The molecule has 5 nitrogen and oxygen atoms in total. The van der Waals surface area contributed by atoms with Gasteiger partial charge in [-0.05, 0) is 24.1 Å². The van der Waals surface area contributed by atoms with Crippen molar-refractivity contribution in [1.29, 1.82) is 0 Å². The largest absolute Gasteiger partial charge is 0.479 e. The lowest BCUT2D eigenvalue weighted by atomic mass is 10.1. The number of nitrogens with zero attached hydrogens (tertiary/aromatic N) is 1. The number of halogens is 2. The molecule has 1 atom stereocenters. The minimum atomic E-state index is -1.37. The SMILES string of the molecule is CCCN(C(=O)OCc1ccccc1)C(C(=O)O)c1ccc(F)cc1Cl. The van der Waals surface area contributed by atoms with Gasteiger partial charge < -0.3 is 9.84 Å². The molecular weight excluding hydrogens is 361 g/mol. The maximum atomic E-state index is 13.3. The topological polar surface area (TPSA) is 66.8 Å². The van der Waals surface area contributed by atoms with E-state index in [-0.39, 0.29) is 23.7 Å². The minimum absolute atomic E-state index is 0.0172. The molecule has 0 heterocycles. The zero-order chi connectivity index (χ0) is 19.1. The standard InChI is InChI=1S/C19H19ClFNO4/c1-2-10-22(19(25)26-12-13-6-4-3-5-7-13)17(18(23)24)15-9-8-14(21)11-16(15)20/h3-9,11,17H,2,10,12H2,1H3,(H,23,24). The van der Waals surface area contributed by atoms with Crippen LogP contribution in [-0.2, 0) is 16.1 Å². The first-order valence-corrected chi connectivity index (χ1v) is 8.47. The van der Waals surface area contributed by atoms with Crippen LogP contribution >= 0.6 is 11.6 Å². The molecule has 1 N–H and O–H groups in total. The fraction of sp³-hybridized carbons (Fsp3) is 0.263. The summed E-state index contributed by atoms with van der Waals surface area (Å²) in [6.45, 7) is 1.98. The second-order valence-corrected chi connectivity index (χ2v) is 6.05. The first-order chi connectivity index (χ1) is 12.4. The molecule has 0 spiro atoms. The number of carbonyl (C=O) groups is 2. The normalized spacial score (nSPS) is 11.7. The molecule has 1 unspecified atom stereocenters. The summed E-state index contributed by atoms with van der Waals surface area (Å²) in [5.74, 6) is -1.86. The Kier molecular flexibility index (Phi) is 6.97. The predicted octanol–water partition coefficient (Wildman–Crippen LogP) is 4.65. The van der Waals surface area contributed by atoms with E-state index in [1.54, 1.807) is 12.1 Å². The zero-order valence-electron chi connectivity index (χ0n) is 14.2. The van der Waals surface area contributed by atoms with Crippen molar-refractivity contribution >= 4 is 23.7 Å². The number of ether oxygens (including phenoxy) is 1. The van der Waals surface area contributed by atoms with E-state index in [0.717, 1.165) is 22.6 Å². The number of hydrogen-bond acceptors (Lipinski definition) is 3. The number of rotatable bonds is 7. The van der Waals surface area contributed by atoms with Crippen molar-refractivity contribution < 1.29 is 23.8 Å². The Balaban J connectivity index is 2.25. The third-order valence-electron chi connectivity index (χ3n) is 3.71. The summed E-state index contributed by atoms with van der Waals surface area (Å²) >= 11 is 6.01. The summed E-state index contributed by atoms with van der Waals surface area (Å²) in [6.07, 6.45) is -0.258. The molecule has 0 saturated heterocycles. The van der Waals surface area contributed by atoms with Crippen molar-refractivity contribution in [2.75, 3.05) is 6.54 Å². The van der Waals surface area contributed by atoms with Crippen molar-refractivity contribution in [3.63, 3.8) is 0 Å². The second kappa shape index (κ2) is 9.20. The summed E-state index contributed by atoms with van der Waals surface area (Å²) in [7, 11) is 0. The molecule has 0 radical (unpaired) electrons. The van der Waals surface area contributed by atoms with Gasteiger partial charge in [0.25, 0.3) is 0 Å². The van der Waals surface area contributed by atoms with Gasteiger partial charge in [0.2, 0.25) is 0 Å². The summed E-state index contributed by atoms with van der Waals surface area (Å²) in [6, 6.07) is 11.1. The lowest BCUT2D eigenvalue weighted by molar-refractivity contribution is -0.143. The monoisotopic (exact) mass is 379 g/mol. The molecule has 0 aliphatic rings. The first-order valence-electron chi connectivity index (χ1n) is 8.09.